The highest BCUT2D eigenvalue weighted by atomic mass is 15.1. The molecule has 5 aromatic carbocycles. The molecule has 0 aromatic heterocycles. The first-order valence-electron chi connectivity index (χ1n) is 21.0. The number of fused-ring (bicyclic) bond motifs is 9. The molecule has 0 N–H and O–H groups in total. The highest BCUT2D eigenvalue weighted by molar-refractivity contribution is 5.88. The molecule has 1 heteroatoms. The van der Waals surface area contributed by atoms with E-state index in [4.69, 9.17) is 0 Å². The molecule has 8 rings (SSSR count). The maximum absolute atomic E-state index is 2.57. The molecule has 1 aliphatic heterocycles. The van der Waals surface area contributed by atoms with E-state index in [0.717, 1.165) is 32.2 Å². The van der Waals surface area contributed by atoms with Crippen LogP contribution >= 0.6 is 0 Å². The van der Waals surface area contributed by atoms with Crippen molar-refractivity contribution in [3.8, 4) is 22.3 Å². The molecule has 0 saturated carbocycles. The second-order valence-corrected chi connectivity index (χ2v) is 11.1. The molecule has 0 saturated heterocycles. The van der Waals surface area contributed by atoms with Crippen LogP contribution in [0.4, 0.5) is 11.4 Å². The van der Waals surface area contributed by atoms with Crippen molar-refractivity contribution >= 4 is 11.4 Å². The van der Waals surface area contributed by atoms with Gasteiger partial charge in [0.1, 0.15) is 0 Å². The Morgan fingerprint density at radius 3 is 1.21 bits per heavy atom. The fraction of sp³-hybridized carbons (Fsp3) is 0.423. The number of anilines is 2. The van der Waals surface area contributed by atoms with Gasteiger partial charge in [0.15, 0.2) is 0 Å². The summed E-state index contributed by atoms with van der Waals surface area (Å²) in [5.74, 6) is 0. The second kappa shape index (κ2) is 30.4. The van der Waals surface area contributed by atoms with Crippen LogP contribution in [-0.2, 0) is 19.3 Å². The monoisotopic (exact) mass is 718 g/mol. The van der Waals surface area contributed by atoms with Crippen LogP contribution in [0.15, 0.2) is 109 Å². The van der Waals surface area contributed by atoms with Crippen molar-refractivity contribution in [2.24, 2.45) is 0 Å². The van der Waals surface area contributed by atoms with Crippen molar-refractivity contribution in [2.75, 3.05) is 11.4 Å². The zero-order chi connectivity index (χ0) is 39.5. The van der Waals surface area contributed by atoms with Gasteiger partial charge in [0.2, 0.25) is 0 Å². The summed E-state index contributed by atoms with van der Waals surface area (Å²) < 4.78 is 0. The van der Waals surface area contributed by atoms with Gasteiger partial charge in [-0.1, -0.05) is 221 Å². The van der Waals surface area contributed by atoms with Crippen LogP contribution in [0.25, 0.3) is 22.3 Å². The van der Waals surface area contributed by atoms with Gasteiger partial charge < -0.3 is 4.90 Å². The van der Waals surface area contributed by atoms with Gasteiger partial charge in [-0.15, -0.1) is 0 Å². The van der Waals surface area contributed by atoms with Crippen molar-refractivity contribution in [3.05, 3.63) is 143 Å². The molecule has 3 aliphatic rings. The number of para-hydroxylation sites is 1. The average molecular weight is 718 g/mol. The molecule has 0 atom stereocenters. The van der Waals surface area contributed by atoms with Gasteiger partial charge in [-0.25, -0.2) is 0 Å². The molecule has 0 spiro atoms. The Balaban J connectivity index is 0. The summed E-state index contributed by atoms with van der Waals surface area (Å²) in [5, 5.41) is 0. The Hall–Kier alpha value is -4.10. The fourth-order valence-corrected chi connectivity index (χ4v) is 6.51. The van der Waals surface area contributed by atoms with Crippen molar-refractivity contribution in [1.29, 1.82) is 0 Å². The lowest BCUT2D eigenvalue weighted by atomic mass is 9.90. The first-order valence-corrected chi connectivity index (χ1v) is 21.0. The number of rotatable bonds is 2. The van der Waals surface area contributed by atoms with Crippen LogP contribution < -0.4 is 4.90 Å². The third-order valence-corrected chi connectivity index (χ3v) is 8.13. The summed E-state index contributed by atoms with van der Waals surface area (Å²) in [4.78, 5) is 2.57. The maximum atomic E-state index is 2.57. The van der Waals surface area contributed by atoms with E-state index in [-0.39, 0.29) is 7.43 Å². The molecule has 0 unspecified atom stereocenters. The van der Waals surface area contributed by atoms with E-state index in [9.17, 15) is 0 Å². The number of hydrogen-bond acceptors (Lipinski definition) is 1. The van der Waals surface area contributed by atoms with E-state index in [0.29, 0.717) is 0 Å². The van der Waals surface area contributed by atoms with Gasteiger partial charge in [0, 0.05) is 30.8 Å². The van der Waals surface area contributed by atoms with Gasteiger partial charge in [0.05, 0.1) is 0 Å². The zero-order valence-corrected chi connectivity index (χ0v) is 36.1. The van der Waals surface area contributed by atoms with Crippen LogP contribution in [0.2, 0.25) is 0 Å². The summed E-state index contributed by atoms with van der Waals surface area (Å²) in [5.41, 5.74) is 17.4. The Morgan fingerprint density at radius 1 is 0.396 bits per heavy atom. The van der Waals surface area contributed by atoms with E-state index in [1.54, 1.807) is 0 Å². The molecular formula is C52H79N. The molecule has 0 radical (unpaired) electrons. The first-order chi connectivity index (χ1) is 25.7. The molecule has 1 nitrogen and oxygen atoms in total. The summed E-state index contributed by atoms with van der Waals surface area (Å²) in [6.45, 7) is 31.6. The minimum absolute atomic E-state index is 0. The van der Waals surface area contributed by atoms with Crippen molar-refractivity contribution < 1.29 is 0 Å². The first kappa shape index (κ1) is 51.0. The molecular weight excluding hydrogens is 639 g/mol. The maximum Gasteiger partial charge on any atom is 0.0488 e. The van der Waals surface area contributed by atoms with Gasteiger partial charge in [-0.05, 0) is 74.5 Å². The largest absolute Gasteiger partial charge is 0.341 e. The Labute approximate surface area is 329 Å². The molecule has 2 aliphatic carbocycles. The summed E-state index contributed by atoms with van der Waals surface area (Å²) in [6.07, 6.45) is 5.63. The number of hydrogen-bond donors (Lipinski definition) is 0. The van der Waals surface area contributed by atoms with E-state index < -0.39 is 0 Å². The highest BCUT2D eigenvalue weighted by Gasteiger charge is 2.29. The Morgan fingerprint density at radius 2 is 0.755 bits per heavy atom. The number of benzene rings is 5. The smallest absolute Gasteiger partial charge is 0.0488 e. The standard InChI is InChI=1S/C23H21N.C13H10.C3H8.6C2H6.CH4/c1-2-13-24-22-10-6-4-8-17(22)14-18-11-12-20-19-9-5-3-7-16(19)15-21(20)23(18)24;1-3-7-12-10(5-1)9-11-6-2-4-8-13(11)12;1-3-2;6*1-2;/h3-12H,2,13-15H2,1H3;1-8H,9H2;3H2,1-2H3;6*1-2H3;1H4. The van der Waals surface area contributed by atoms with Gasteiger partial charge in [0.25, 0.3) is 0 Å². The van der Waals surface area contributed by atoms with E-state index in [2.05, 4.69) is 135 Å². The lowest BCUT2D eigenvalue weighted by Crippen LogP contribution is -2.25. The van der Waals surface area contributed by atoms with Crippen molar-refractivity contribution in [1.82, 2.24) is 0 Å². The molecule has 1 heterocycles. The van der Waals surface area contributed by atoms with E-state index >= 15 is 0 Å². The highest BCUT2D eigenvalue weighted by Crippen LogP contribution is 2.48. The topological polar surface area (TPSA) is 3.24 Å². The van der Waals surface area contributed by atoms with Crippen molar-refractivity contribution in [2.45, 2.75) is 143 Å². The third-order valence-electron chi connectivity index (χ3n) is 8.13. The Bertz CT molecular complexity index is 1600. The summed E-state index contributed by atoms with van der Waals surface area (Å²) >= 11 is 0. The fourth-order valence-electron chi connectivity index (χ4n) is 6.51. The van der Waals surface area contributed by atoms with Crippen molar-refractivity contribution in [3.63, 3.8) is 0 Å². The minimum Gasteiger partial charge on any atom is -0.341 e. The predicted molar refractivity (Wildman–Crippen MR) is 247 cm³/mol. The molecule has 5 aromatic rings. The quantitative estimate of drug-likeness (QED) is 0.172. The van der Waals surface area contributed by atoms with Gasteiger partial charge in [-0.3, -0.25) is 0 Å². The predicted octanol–water partition coefficient (Wildman–Crippen LogP) is 17.2. The van der Waals surface area contributed by atoms with Crippen LogP contribution in [-0.4, -0.2) is 6.54 Å². The molecule has 53 heavy (non-hydrogen) atoms. The minimum atomic E-state index is 0. The number of nitrogens with zero attached hydrogens (tertiary/aromatic N) is 1. The van der Waals surface area contributed by atoms with E-state index in [1.165, 1.54) is 73.4 Å². The molecule has 292 valence electrons. The lowest BCUT2D eigenvalue weighted by Gasteiger charge is -2.35. The molecule has 0 amide bonds. The zero-order valence-electron chi connectivity index (χ0n) is 36.1. The lowest BCUT2D eigenvalue weighted by molar-refractivity contribution is 0.857. The second-order valence-electron chi connectivity index (χ2n) is 11.1. The SMILES string of the molecule is C.CC.CC.CC.CC.CC.CC.CCC.CCCN1c2ccccc2Cc2ccc3c(c21)Cc1ccccc1-3.c1ccc2c(c1)Cc1ccccc1-2. The Kier molecular flexibility index (Phi) is 29.2. The van der Waals surface area contributed by atoms with E-state index in [1.807, 2.05) is 83.1 Å². The molecule has 0 bridgehead atoms. The molecule has 0 fully saturated rings. The third kappa shape index (κ3) is 13.1. The van der Waals surface area contributed by atoms with Gasteiger partial charge in [-0.2, -0.15) is 0 Å². The van der Waals surface area contributed by atoms with Crippen LogP contribution in [0, 0.1) is 0 Å². The van der Waals surface area contributed by atoms with Crippen LogP contribution in [0.1, 0.15) is 158 Å². The van der Waals surface area contributed by atoms with Crippen LogP contribution in [0.5, 0.6) is 0 Å². The summed E-state index contributed by atoms with van der Waals surface area (Å²) in [7, 11) is 0. The van der Waals surface area contributed by atoms with Crippen LogP contribution in [0.3, 0.4) is 0 Å². The average Bonchev–Trinajstić information content (AvgIpc) is 3.82. The van der Waals surface area contributed by atoms with Gasteiger partial charge >= 0.3 is 0 Å². The normalized spacial score (nSPS) is 10.4. The summed E-state index contributed by atoms with van der Waals surface area (Å²) in [6, 6.07) is 39.8.